The molecule has 1 aliphatic heterocycles. The summed E-state index contributed by atoms with van der Waals surface area (Å²) in [5.41, 5.74) is 1.18. The summed E-state index contributed by atoms with van der Waals surface area (Å²) in [6, 6.07) is 10.0. The maximum atomic E-state index is 12.3. The molecular weight excluding hydrogens is 238 g/mol. The molecule has 1 heterocycles. The molecular formula is C16H19NO2. The highest BCUT2D eigenvalue weighted by molar-refractivity contribution is 6.05. The van der Waals surface area contributed by atoms with Crippen LogP contribution in [0.5, 0.6) is 0 Å². The fraction of sp³-hybridized carbons (Fsp3) is 0.500. The molecule has 0 bridgehead atoms. The van der Waals surface area contributed by atoms with Gasteiger partial charge in [-0.1, -0.05) is 43.2 Å². The zero-order valence-corrected chi connectivity index (χ0v) is 11.0. The summed E-state index contributed by atoms with van der Waals surface area (Å²) >= 11 is 0. The zero-order valence-electron chi connectivity index (χ0n) is 11.0. The normalized spacial score (nSPS) is 26.6. The van der Waals surface area contributed by atoms with E-state index in [0.717, 1.165) is 32.1 Å². The van der Waals surface area contributed by atoms with Crippen molar-refractivity contribution in [1.29, 1.82) is 0 Å². The van der Waals surface area contributed by atoms with Crippen molar-refractivity contribution >= 4 is 11.8 Å². The molecule has 1 aromatic rings. The molecule has 3 rings (SSSR count). The molecule has 0 radical (unpaired) electrons. The fourth-order valence-electron chi connectivity index (χ4n) is 3.34. The van der Waals surface area contributed by atoms with Gasteiger partial charge in [-0.05, 0) is 24.8 Å². The summed E-state index contributed by atoms with van der Waals surface area (Å²) < 4.78 is 0. The predicted octanol–water partition coefficient (Wildman–Crippen LogP) is 2.40. The Kier molecular flexibility index (Phi) is 3.36. The first kappa shape index (κ1) is 12.4. The van der Waals surface area contributed by atoms with Crippen LogP contribution < -0.4 is 0 Å². The molecule has 3 heteroatoms. The number of carbonyl (C=O) groups is 2. The van der Waals surface area contributed by atoms with Crippen LogP contribution >= 0.6 is 0 Å². The molecule has 1 saturated heterocycles. The van der Waals surface area contributed by atoms with E-state index < -0.39 is 0 Å². The van der Waals surface area contributed by atoms with Gasteiger partial charge in [0, 0.05) is 6.54 Å². The Bertz CT molecular complexity index is 459. The number of carbonyl (C=O) groups excluding carboxylic acids is 2. The number of rotatable bonds is 3. The van der Waals surface area contributed by atoms with Crippen LogP contribution in [-0.4, -0.2) is 23.3 Å². The Morgan fingerprint density at radius 1 is 0.947 bits per heavy atom. The van der Waals surface area contributed by atoms with E-state index >= 15 is 0 Å². The molecule has 0 N–H and O–H groups in total. The van der Waals surface area contributed by atoms with E-state index in [9.17, 15) is 9.59 Å². The van der Waals surface area contributed by atoms with E-state index in [4.69, 9.17) is 0 Å². The third-order valence-electron chi connectivity index (χ3n) is 4.40. The van der Waals surface area contributed by atoms with Gasteiger partial charge in [0.25, 0.3) is 0 Å². The van der Waals surface area contributed by atoms with Gasteiger partial charge < -0.3 is 0 Å². The second-order valence-electron chi connectivity index (χ2n) is 5.56. The number of imide groups is 1. The van der Waals surface area contributed by atoms with Gasteiger partial charge in [0.05, 0.1) is 11.8 Å². The van der Waals surface area contributed by atoms with Crippen LogP contribution in [0.3, 0.4) is 0 Å². The smallest absolute Gasteiger partial charge is 0.233 e. The van der Waals surface area contributed by atoms with Crippen molar-refractivity contribution in [2.45, 2.75) is 32.1 Å². The largest absolute Gasteiger partial charge is 0.282 e. The number of fused-ring (bicyclic) bond motifs is 1. The van der Waals surface area contributed by atoms with E-state index in [0.29, 0.717) is 6.54 Å². The van der Waals surface area contributed by atoms with Crippen LogP contribution in [0.15, 0.2) is 30.3 Å². The van der Waals surface area contributed by atoms with Crippen molar-refractivity contribution in [3.63, 3.8) is 0 Å². The Labute approximate surface area is 113 Å². The lowest BCUT2D eigenvalue weighted by Gasteiger charge is -2.19. The van der Waals surface area contributed by atoms with Crippen molar-refractivity contribution in [3.05, 3.63) is 35.9 Å². The SMILES string of the molecule is O=C1C2CCCCC2C(=O)N1CCc1ccccc1. The van der Waals surface area contributed by atoms with Gasteiger partial charge in [-0.15, -0.1) is 0 Å². The fourth-order valence-corrected chi connectivity index (χ4v) is 3.34. The number of nitrogens with zero attached hydrogens (tertiary/aromatic N) is 1. The van der Waals surface area contributed by atoms with Crippen LogP contribution in [0.4, 0.5) is 0 Å². The molecule has 19 heavy (non-hydrogen) atoms. The third-order valence-corrected chi connectivity index (χ3v) is 4.40. The summed E-state index contributed by atoms with van der Waals surface area (Å²) in [7, 11) is 0. The van der Waals surface area contributed by atoms with Gasteiger partial charge in [0.15, 0.2) is 0 Å². The molecule has 2 atom stereocenters. The van der Waals surface area contributed by atoms with Gasteiger partial charge in [-0.3, -0.25) is 14.5 Å². The minimum atomic E-state index is -0.0166. The topological polar surface area (TPSA) is 37.4 Å². The zero-order chi connectivity index (χ0) is 13.2. The first-order chi connectivity index (χ1) is 9.27. The molecule has 1 aromatic carbocycles. The molecule has 1 aliphatic carbocycles. The molecule has 0 spiro atoms. The Morgan fingerprint density at radius 3 is 2.11 bits per heavy atom. The van der Waals surface area contributed by atoms with Crippen molar-refractivity contribution in [3.8, 4) is 0 Å². The average Bonchev–Trinajstić information content (AvgIpc) is 2.71. The predicted molar refractivity (Wildman–Crippen MR) is 72.3 cm³/mol. The van der Waals surface area contributed by atoms with E-state index in [2.05, 4.69) is 0 Å². The van der Waals surface area contributed by atoms with E-state index in [1.165, 1.54) is 10.5 Å². The summed E-state index contributed by atoms with van der Waals surface area (Å²) in [5, 5.41) is 0. The van der Waals surface area contributed by atoms with Gasteiger partial charge in [0.2, 0.25) is 11.8 Å². The quantitative estimate of drug-likeness (QED) is 0.780. The first-order valence-corrected chi connectivity index (χ1v) is 7.16. The van der Waals surface area contributed by atoms with Crippen LogP contribution in [0.2, 0.25) is 0 Å². The monoisotopic (exact) mass is 257 g/mol. The van der Waals surface area contributed by atoms with Gasteiger partial charge >= 0.3 is 0 Å². The Hall–Kier alpha value is -1.64. The molecule has 1 saturated carbocycles. The number of benzene rings is 1. The minimum Gasteiger partial charge on any atom is -0.282 e. The van der Waals surface area contributed by atoms with Crippen molar-refractivity contribution in [1.82, 2.24) is 4.90 Å². The minimum absolute atomic E-state index is 0.0166. The van der Waals surface area contributed by atoms with Gasteiger partial charge in [0.1, 0.15) is 0 Å². The second-order valence-corrected chi connectivity index (χ2v) is 5.56. The summed E-state index contributed by atoms with van der Waals surface area (Å²) in [4.78, 5) is 26.1. The Balaban J connectivity index is 1.68. The second kappa shape index (κ2) is 5.16. The number of amides is 2. The number of hydrogen-bond acceptors (Lipinski definition) is 2. The highest BCUT2D eigenvalue weighted by Gasteiger charge is 2.47. The van der Waals surface area contributed by atoms with Crippen molar-refractivity contribution < 1.29 is 9.59 Å². The van der Waals surface area contributed by atoms with Crippen LogP contribution in [0, 0.1) is 11.8 Å². The molecule has 2 amide bonds. The summed E-state index contributed by atoms with van der Waals surface area (Å²) in [6.45, 7) is 0.536. The average molecular weight is 257 g/mol. The lowest BCUT2D eigenvalue weighted by molar-refractivity contribution is -0.139. The highest BCUT2D eigenvalue weighted by Crippen LogP contribution is 2.37. The maximum Gasteiger partial charge on any atom is 0.233 e. The van der Waals surface area contributed by atoms with E-state index in [-0.39, 0.29) is 23.7 Å². The first-order valence-electron chi connectivity index (χ1n) is 7.16. The number of hydrogen-bond donors (Lipinski definition) is 0. The molecule has 0 aromatic heterocycles. The molecule has 2 unspecified atom stereocenters. The third kappa shape index (κ3) is 2.29. The molecule has 2 aliphatic rings. The standard InChI is InChI=1S/C16H19NO2/c18-15-13-8-4-5-9-14(13)16(19)17(15)11-10-12-6-2-1-3-7-12/h1-3,6-7,13-14H,4-5,8-11H2. The van der Waals surface area contributed by atoms with Gasteiger partial charge in [-0.2, -0.15) is 0 Å². The highest BCUT2D eigenvalue weighted by atomic mass is 16.2. The van der Waals surface area contributed by atoms with Crippen LogP contribution in [-0.2, 0) is 16.0 Å². The molecule has 100 valence electrons. The van der Waals surface area contributed by atoms with E-state index in [1.807, 2.05) is 30.3 Å². The lowest BCUT2D eigenvalue weighted by Crippen LogP contribution is -2.33. The van der Waals surface area contributed by atoms with Crippen molar-refractivity contribution in [2.24, 2.45) is 11.8 Å². The van der Waals surface area contributed by atoms with Crippen LogP contribution in [0.1, 0.15) is 31.2 Å². The van der Waals surface area contributed by atoms with Crippen molar-refractivity contribution in [2.75, 3.05) is 6.54 Å². The molecule has 2 fully saturated rings. The van der Waals surface area contributed by atoms with Gasteiger partial charge in [-0.25, -0.2) is 0 Å². The number of likely N-dealkylation sites (tertiary alicyclic amines) is 1. The summed E-state index contributed by atoms with van der Waals surface area (Å²) in [6.07, 6.45) is 4.74. The Morgan fingerprint density at radius 2 is 1.53 bits per heavy atom. The van der Waals surface area contributed by atoms with E-state index in [1.54, 1.807) is 0 Å². The lowest BCUT2D eigenvalue weighted by atomic mass is 9.81. The summed E-state index contributed by atoms with van der Waals surface area (Å²) in [5.74, 6) is 0.116. The maximum absolute atomic E-state index is 12.3. The van der Waals surface area contributed by atoms with Crippen LogP contribution in [0.25, 0.3) is 0 Å². The molecule has 3 nitrogen and oxygen atoms in total.